The number of hydrogen-bond donors (Lipinski definition) is 2. The summed E-state index contributed by atoms with van der Waals surface area (Å²) in [6.07, 6.45) is 1.52. The van der Waals surface area contributed by atoms with Crippen LogP contribution in [0.3, 0.4) is 0 Å². The van der Waals surface area contributed by atoms with E-state index in [4.69, 9.17) is 5.11 Å². The van der Waals surface area contributed by atoms with Crippen LogP contribution in [0.5, 0.6) is 0 Å². The number of likely N-dealkylation sites (tertiary alicyclic amines) is 2. The third-order valence-corrected chi connectivity index (χ3v) is 4.22. The predicted octanol–water partition coefficient (Wildman–Crippen LogP) is 0.606. The summed E-state index contributed by atoms with van der Waals surface area (Å²) in [7, 11) is 0. The minimum Gasteiger partial charge on any atom is -0.481 e. The number of aliphatic hydroxyl groups is 1. The number of carboxylic acids is 1. The van der Waals surface area contributed by atoms with E-state index in [1.54, 1.807) is 23.6 Å². The molecule has 6 nitrogen and oxygen atoms in total. The number of aliphatic carboxylic acids is 1. The van der Waals surface area contributed by atoms with E-state index in [-0.39, 0.29) is 11.9 Å². The Morgan fingerprint density at radius 3 is 2.47 bits per heavy atom. The minimum atomic E-state index is -0.807. The second-order valence-corrected chi connectivity index (χ2v) is 6.10. The lowest BCUT2D eigenvalue weighted by Crippen LogP contribution is -2.60. The number of carboxylic acid groups (broad SMARTS) is 1. The van der Waals surface area contributed by atoms with Crippen molar-refractivity contribution in [3.8, 4) is 0 Å². The van der Waals surface area contributed by atoms with E-state index in [1.807, 2.05) is 0 Å². The summed E-state index contributed by atoms with van der Waals surface area (Å²) >= 11 is 0. The summed E-state index contributed by atoms with van der Waals surface area (Å²) in [4.78, 5) is 26.4. The number of urea groups is 1. The molecular weight excluding hydrogens is 248 g/mol. The number of β-amino-alcohol motifs (C(OH)–C–C–N with tert-alkyl or cyclic N) is 1. The van der Waals surface area contributed by atoms with Gasteiger partial charge in [0, 0.05) is 25.6 Å². The van der Waals surface area contributed by atoms with Crippen LogP contribution >= 0.6 is 0 Å². The van der Waals surface area contributed by atoms with E-state index in [1.165, 1.54) is 0 Å². The van der Waals surface area contributed by atoms with Gasteiger partial charge >= 0.3 is 12.0 Å². The second-order valence-electron chi connectivity index (χ2n) is 6.10. The molecule has 108 valence electrons. The van der Waals surface area contributed by atoms with Crippen LogP contribution in [0.1, 0.15) is 26.7 Å². The molecular formula is C13H22N2O4. The quantitative estimate of drug-likeness (QED) is 0.770. The van der Waals surface area contributed by atoms with Gasteiger partial charge in [0.25, 0.3) is 0 Å². The van der Waals surface area contributed by atoms with Gasteiger partial charge < -0.3 is 20.0 Å². The highest BCUT2D eigenvalue weighted by Gasteiger charge is 2.40. The molecule has 2 amide bonds. The molecule has 0 saturated carbocycles. The number of amides is 2. The third-order valence-electron chi connectivity index (χ3n) is 4.22. The van der Waals surface area contributed by atoms with Crippen LogP contribution < -0.4 is 0 Å². The van der Waals surface area contributed by atoms with Crippen LogP contribution in [-0.4, -0.2) is 63.8 Å². The maximum atomic E-state index is 12.2. The van der Waals surface area contributed by atoms with Gasteiger partial charge in [-0.1, -0.05) is 6.92 Å². The van der Waals surface area contributed by atoms with Crippen molar-refractivity contribution in [3.05, 3.63) is 0 Å². The fraction of sp³-hybridized carbons (Fsp3) is 0.846. The van der Waals surface area contributed by atoms with Crippen molar-refractivity contribution in [1.82, 2.24) is 9.80 Å². The summed E-state index contributed by atoms with van der Waals surface area (Å²) in [5, 5.41) is 18.9. The van der Waals surface area contributed by atoms with E-state index in [2.05, 4.69) is 0 Å². The summed E-state index contributed by atoms with van der Waals surface area (Å²) in [5.41, 5.74) is -0.799. The Labute approximate surface area is 113 Å². The molecule has 0 spiro atoms. The molecule has 2 fully saturated rings. The number of carbonyl (C=O) groups excluding carboxylic acids is 1. The highest BCUT2D eigenvalue weighted by Crippen LogP contribution is 2.27. The van der Waals surface area contributed by atoms with E-state index >= 15 is 0 Å². The Bertz CT molecular complexity index is 377. The number of nitrogens with zero attached hydrogens (tertiary/aromatic N) is 2. The summed E-state index contributed by atoms with van der Waals surface area (Å²) in [6, 6.07) is -0.0752. The normalized spacial score (nSPS) is 29.8. The Kier molecular flexibility index (Phi) is 3.71. The van der Waals surface area contributed by atoms with Gasteiger partial charge in [0.15, 0.2) is 0 Å². The topological polar surface area (TPSA) is 81.1 Å². The first-order valence-corrected chi connectivity index (χ1v) is 6.79. The van der Waals surface area contributed by atoms with Gasteiger partial charge in [0.1, 0.15) is 0 Å². The molecule has 0 bridgehead atoms. The lowest BCUT2D eigenvalue weighted by atomic mass is 9.87. The molecule has 2 atom stereocenters. The van der Waals surface area contributed by atoms with Gasteiger partial charge in [-0.3, -0.25) is 4.79 Å². The van der Waals surface area contributed by atoms with Gasteiger partial charge in [0.05, 0.1) is 18.1 Å². The third kappa shape index (κ3) is 3.00. The van der Waals surface area contributed by atoms with Crippen LogP contribution in [0, 0.1) is 11.8 Å². The van der Waals surface area contributed by atoms with Crippen LogP contribution in [0.2, 0.25) is 0 Å². The molecule has 0 aromatic heterocycles. The molecule has 2 N–H and O–H groups in total. The number of rotatable bonds is 2. The van der Waals surface area contributed by atoms with Gasteiger partial charge in [-0.15, -0.1) is 0 Å². The molecule has 0 aromatic rings. The molecule has 0 aliphatic carbocycles. The minimum absolute atomic E-state index is 0.0479. The van der Waals surface area contributed by atoms with Crippen molar-refractivity contribution in [2.75, 3.05) is 26.2 Å². The van der Waals surface area contributed by atoms with Crippen LogP contribution in [-0.2, 0) is 4.79 Å². The number of carbonyl (C=O) groups is 2. The Morgan fingerprint density at radius 1 is 1.32 bits per heavy atom. The van der Waals surface area contributed by atoms with Crippen molar-refractivity contribution in [2.45, 2.75) is 32.3 Å². The van der Waals surface area contributed by atoms with E-state index in [0.29, 0.717) is 26.2 Å². The lowest BCUT2D eigenvalue weighted by molar-refractivity contribution is -0.145. The highest BCUT2D eigenvalue weighted by molar-refractivity contribution is 5.76. The van der Waals surface area contributed by atoms with Crippen LogP contribution in [0.15, 0.2) is 0 Å². The number of hydrogen-bond acceptors (Lipinski definition) is 3. The van der Waals surface area contributed by atoms with Gasteiger partial charge in [-0.2, -0.15) is 0 Å². The predicted molar refractivity (Wildman–Crippen MR) is 68.7 cm³/mol. The summed E-state index contributed by atoms with van der Waals surface area (Å²) < 4.78 is 0. The fourth-order valence-corrected chi connectivity index (χ4v) is 2.77. The zero-order chi connectivity index (χ0) is 14.2. The molecule has 2 aliphatic heterocycles. The molecule has 2 heterocycles. The Morgan fingerprint density at radius 2 is 1.95 bits per heavy atom. The van der Waals surface area contributed by atoms with Crippen molar-refractivity contribution < 1.29 is 19.8 Å². The zero-order valence-electron chi connectivity index (χ0n) is 11.5. The first-order valence-electron chi connectivity index (χ1n) is 6.79. The Hall–Kier alpha value is -1.30. The molecule has 2 rings (SSSR count). The smallest absolute Gasteiger partial charge is 0.320 e. The van der Waals surface area contributed by atoms with Gasteiger partial charge in [-0.25, -0.2) is 4.79 Å². The van der Waals surface area contributed by atoms with E-state index < -0.39 is 17.5 Å². The number of piperidine rings is 1. The molecule has 19 heavy (non-hydrogen) atoms. The van der Waals surface area contributed by atoms with E-state index in [0.717, 1.165) is 12.8 Å². The largest absolute Gasteiger partial charge is 0.481 e. The fourth-order valence-electron chi connectivity index (χ4n) is 2.77. The molecule has 0 aromatic carbocycles. The molecule has 2 unspecified atom stereocenters. The van der Waals surface area contributed by atoms with Crippen molar-refractivity contribution in [1.29, 1.82) is 0 Å². The second kappa shape index (κ2) is 5.00. The SMILES string of the molecule is CC(C(=O)O)C1CN(C(=O)N2CCCC(C)(O)C2)C1. The molecule has 2 aliphatic rings. The Balaban J connectivity index is 1.85. The average molecular weight is 270 g/mol. The van der Waals surface area contributed by atoms with Crippen LogP contribution in [0.25, 0.3) is 0 Å². The molecule has 2 saturated heterocycles. The standard InChI is InChI=1S/C13H22N2O4/c1-9(11(16)17)10-6-15(7-10)12(18)14-5-3-4-13(2,19)8-14/h9-10,19H,3-8H2,1-2H3,(H,16,17). The lowest BCUT2D eigenvalue weighted by Gasteiger charge is -2.46. The van der Waals surface area contributed by atoms with E-state index in [9.17, 15) is 14.7 Å². The molecule has 6 heteroatoms. The maximum Gasteiger partial charge on any atom is 0.320 e. The van der Waals surface area contributed by atoms with Crippen molar-refractivity contribution >= 4 is 12.0 Å². The molecule has 0 radical (unpaired) electrons. The van der Waals surface area contributed by atoms with Crippen LogP contribution in [0.4, 0.5) is 4.79 Å². The maximum absolute atomic E-state index is 12.2. The summed E-state index contributed by atoms with van der Waals surface area (Å²) in [5.74, 6) is -1.17. The van der Waals surface area contributed by atoms with Gasteiger partial charge in [-0.05, 0) is 19.8 Å². The summed E-state index contributed by atoms with van der Waals surface area (Å²) in [6.45, 7) is 5.47. The van der Waals surface area contributed by atoms with Crippen molar-refractivity contribution in [2.24, 2.45) is 11.8 Å². The average Bonchev–Trinajstić information content (AvgIpc) is 2.25. The van der Waals surface area contributed by atoms with Gasteiger partial charge in [0.2, 0.25) is 0 Å². The highest BCUT2D eigenvalue weighted by atomic mass is 16.4. The zero-order valence-corrected chi connectivity index (χ0v) is 11.5. The monoisotopic (exact) mass is 270 g/mol. The first-order chi connectivity index (χ1) is 8.80. The first kappa shape index (κ1) is 14.1. The van der Waals surface area contributed by atoms with Crippen molar-refractivity contribution in [3.63, 3.8) is 0 Å².